The highest BCUT2D eigenvalue weighted by molar-refractivity contribution is 5.28. The summed E-state index contributed by atoms with van der Waals surface area (Å²) in [5, 5.41) is 7.80. The first-order valence-corrected chi connectivity index (χ1v) is 6.51. The van der Waals surface area contributed by atoms with Crippen molar-refractivity contribution in [3.05, 3.63) is 29.8 Å². The van der Waals surface area contributed by atoms with Gasteiger partial charge in [-0.1, -0.05) is 13.8 Å². The Bertz CT molecular complexity index is 497. The van der Waals surface area contributed by atoms with Crippen LogP contribution in [0, 0.1) is 0 Å². The third-order valence-electron chi connectivity index (χ3n) is 2.92. The summed E-state index contributed by atoms with van der Waals surface area (Å²) in [6.45, 7) is 6.06. The molecule has 0 amide bonds. The number of nitrogens with zero attached hydrogens (tertiary/aromatic N) is 4. The van der Waals surface area contributed by atoms with Gasteiger partial charge < -0.3 is 9.88 Å². The Hall–Kier alpha value is -1.78. The molecule has 2 aromatic heterocycles. The van der Waals surface area contributed by atoms with E-state index in [2.05, 4.69) is 40.0 Å². The lowest BCUT2D eigenvalue weighted by molar-refractivity contribution is 0.746. The quantitative estimate of drug-likeness (QED) is 0.850. The van der Waals surface area contributed by atoms with E-state index < -0.39 is 0 Å². The highest BCUT2D eigenvalue weighted by atomic mass is 15.3. The van der Waals surface area contributed by atoms with Gasteiger partial charge in [-0.15, -0.1) is 0 Å². The number of imidazole rings is 1. The van der Waals surface area contributed by atoms with Gasteiger partial charge in [-0.25, -0.2) is 4.98 Å². The van der Waals surface area contributed by atoms with Crippen LogP contribution in [0.3, 0.4) is 0 Å². The molecule has 0 aliphatic heterocycles. The maximum Gasteiger partial charge on any atom is 0.203 e. The number of aryl methyl sites for hydroxylation is 2. The zero-order valence-corrected chi connectivity index (χ0v) is 11.3. The predicted molar refractivity (Wildman–Crippen MR) is 72.7 cm³/mol. The second-order valence-corrected chi connectivity index (χ2v) is 4.43. The zero-order chi connectivity index (χ0) is 13.0. The SMILES string of the molecule is CCCNc1nccn1Cc1cn(C)nc1CC. The van der Waals surface area contributed by atoms with Gasteiger partial charge in [-0.05, 0) is 12.8 Å². The molecule has 2 rings (SSSR count). The normalized spacial score (nSPS) is 10.8. The summed E-state index contributed by atoms with van der Waals surface area (Å²) in [4.78, 5) is 4.34. The van der Waals surface area contributed by atoms with Gasteiger partial charge in [0.15, 0.2) is 0 Å². The topological polar surface area (TPSA) is 47.7 Å². The average molecular weight is 247 g/mol. The lowest BCUT2D eigenvalue weighted by atomic mass is 10.2. The molecular formula is C13H21N5. The molecule has 2 aromatic rings. The monoisotopic (exact) mass is 247 g/mol. The predicted octanol–water partition coefficient (Wildman–Crippen LogP) is 2.05. The molecule has 98 valence electrons. The standard InChI is InChI=1S/C13H21N5/c1-4-6-14-13-15-7-8-18(13)10-11-9-17(3)16-12(11)5-2/h7-9H,4-6,10H2,1-3H3,(H,14,15). The van der Waals surface area contributed by atoms with Crippen molar-refractivity contribution < 1.29 is 0 Å². The van der Waals surface area contributed by atoms with Crippen molar-refractivity contribution in [3.63, 3.8) is 0 Å². The van der Waals surface area contributed by atoms with Gasteiger partial charge in [0.05, 0.1) is 12.2 Å². The molecule has 0 atom stereocenters. The molecule has 0 radical (unpaired) electrons. The number of hydrogen-bond donors (Lipinski definition) is 1. The molecule has 0 aliphatic carbocycles. The van der Waals surface area contributed by atoms with Crippen molar-refractivity contribution >= 4 is 5.95 Å². The molecule has 5 nitrogen and oxygen atoms in total. The lowest BCUT2D eigenvalue weighted by Crippen LogP contribution is -2.09. The van der Waals surface area contributed by atoms with Crippen molar-refractivity contribution in [3.8, 4) is 0 Å². The fourth-order valence-electron chi connectivity index (χ4n) is 2.04. The number of nitrogens with one attached hydrogen (secondary N) is 1. The van der Waals surface area contributed by atoms with Crippen molar-refractivity contribution in [1.82, 2.24) is 19.3 Å². The number of aromatic nitrogens is 4. The first-order chi connectivity index (χ1) is 8.74. The van der Waals surface area contributed by atoms with E-state index in [4.69, 9.17) is 0 Å². The Morgan fingerprint density at radius 1 is 1.33 bits per heavy atom. The lowest BCUT2D eigenvalue weighted by Gasteiger charge is -2.08. The minimum Gasteiger partial charge on any atom is -0.356 e. The maximum atomic E-state index is 4.46. The van der Waals surface area contributed by atoms with E-state index in [0.717, 1.165) is 37.6 Å². The van der Waals surface area contributed by atoms with E-state index in [0.29, 0.717) is 0 Å². The molecule has 0 saturated heterocycles. The molecule has 0 saturated carbocycles. The summed E-state index contributed by atoms with van der Waals surface area (Å²) in [6, 6.07) is 0. The number of rotatable bonds is 6. The van der Waals surface area contributed by atoms with Gasteiger partial charge in [-0.2, -0.15) is 5.10 Å². The molecule has 0 aliphatic rings. The average Bonchev–Trinajstić information content (AvgIpc) is 2.94. The highest BCUT2D eigenvalue weighted by Gasteiger charge is 2.08. The fraction of sp³-hybridized carbons (Fsp3) is 0.538. The van der Waals surface area contributed by atoms with Crippen LogP contribution in [0.2, 0.25) is 0 Å². The van der Waals surface area contributed by atoms with Crippen LogP contribution in [0.15, 0.2) is 18.6 Å². The molecule has 5 heteroatoms. The maximum absolute atomic E-state index is 4.46. The minimum absolute atomic E-state index is 0.822. The second-order valence-electron chi connectivity index (χ2n) is 4.43. The Morgan fingerprint density at radius 2 is 2.17 bits per heavy atom. The van der Waals surface area contributed by atoms with Gasteiger partial charge in [0.1, 0.15) is 0 Å². The van der Waals surface area contributed by atoms with Gasteiger partial charge in [0, 0.05) is 37.7 Å². The third-order valence-corrected chi connectivity index (χ3v) is 2.92. The first kappa shape index (κ1) is 12.7. The van der Waals surface area contributed by atoms with E-state index >= 15 is 0 Å². The van der Waals surface area contributed by atoms with E-state index in [1.807, 2.05) is 24.1 Å². The van der Waals surface area contributed by atoms with Crippen LogP contribution in [-0.2, 0) is 20.0 Å². The van der Waals surface area contributed by atoms with Crippen LogP contribution in [0.25, 0.3) is 0 Å². The Kier molecular flexibility index (Phi) is 4.02. The summed E-state index contributed by atoms with van der Waals surface area (Å²) in [7, 11) is 1.97. The molecular weight excluding hydrogens is 226 g/mol. The first-order valence-electron chi connectivity index (χ1n) is 6.51. The Balaban J connectivity index is 2.15. The molecule has 1 N–H and O–H groups in total. The second kappa shape index (κ2) is 5.71. The summed E-state index contributed by atoms with van der Waals surface area (Å²) < 4.78 is 4.01. The van der Waals surface area contributed by atoms with Crippen molar-refractivity contribution in [2.75, 3.05) is 11.9 Å². The van der Waals surface area contributed by atoms with Crippen molar-refractivity contribution in [1.29, 1.82) is 0 Å². The number of anilines is 1. The van der Waals surface area contributed by atoms with E-state index in [1.54, 1.807) is 0 Å². The van der Waals surface area contributed by atoms with Gasteiger partial charge >= 0.3 is 0 Å². The molecule has 0 unspecified atom stereocenters. The summed E-state index contributed by atoms with van der Waals surface area (Å²) in [5.74, 6) is 0.933. The highest BCUT2D eigenvalue weighted by Crippen LogP contribution is 2.13. The minimum atomic E-state index is 0.822. The molecule has 18 heavy (non-hydrogen) atoms. The summed E-state index contributed by atoms with van der Waals surface area (Å²) in [6.07, 6.45) is 7.98. The smallest absolute Gasteiger partial charge is 0.203 e. The number of hydrogen-bond acceptors (Lipinski definition) is 3. The van der Waals surface area contributed by atoms with Crippen molar-refractivity contribution in [2.45, 2.75) is 33.2 Å². The molecule has 0 spiro atoms. The van der Waals surface area contributed by atoms with Crippen molar-refractivity contribution in [2.24, 2.45) is 7.05 Å². The Labute approximate surface area is 108 Å². The van der Waals surface area contributed by atoms with Crippen LogP contribution in [0.4, 0.5) is 5.95 Å². The largest absolute Gasteiger partial charge is 0.356 e. The molecule has 0 fully saturated rings. The van der Waals surface area contributed by atoms with Gasteiger partial charge in [0.2, 0.25) is 5.95 Å². The van der Waals surface area contributed by atoms with Gasteiger partial charge in [0.25, 0.3) is 0 Å². The molecule has 0 bridgehead atoms. The summed E-state index contributed by atoms with van der Waals surface area (Å²) >= 11 is 0. The van der Waals surface area contributed by atoms with E-state index in [-0.39, 0.29) is 0 Å². The van der Waals surface area contributed by atoms with Gasteiger partial charge in [-0.3, -0.25) is 4.68 Å². The van der Waals surface area contributed by atoms with E-state index in [9.17, 15) is 0 Å². The summed E-state index contributed by atoms with van der Waals surface area (Å²) in [5.41, 5.74) is 2.42. The van der Waals surface area contributed by atoms with Crippen LogP contribution in [-0.4, -0.2) is 25.9 Å². The molecule has 0 aromatic carbocycles. The third kappa shape index (κ3) is 2.72. The molecule has 2 heterocycles. The van der Waals surface area contributed by atoms with Crippen LogP contribution >= 0.6 is 0 Å². The van der Waals surface area contributed by atoms with E-state index in [1.165, 1.54) is 5.56 Å². The van der Waals surface area contributed by atoms with Crippen LogP contribution in [0.1, 0.15) is 31.5 Å². The Morgan fingerprint density at radius 3 is 2.89 bits per heavy atom. The fourth-order valence-corrected chi connectivity index (χ4v) is 2.04. The van der Waals surface area contributed by atoms with Crippen LogP contribution < -0.4 is 5.32 Å². The zero-order valence-electron chi connectivity index (χ0n) is 11.3. The van der Waals surface area contributed by atoms with Crippen LogP contribution in [0.5, 0.6) is 0 Å².